The molecular formula is C38H49N5O6S. The number of aromatic amines is 1. The second-order valence-electron chi connectivity index (χ2n) is 14.7. The molecule has 2 saturated heterocycles. The summed E-state index contributed by atoms with van der Waals surface area (Å²) in [5, 5.41) is 12.8. The summed E-state index contributed by atoms with van der Waals surface area (Å²) in [6.07, 6.45) is 7.72. The average Bonchev–Trinajstić information content (AvgIpc) is 3.45. The van der Waals surface area contributed by atoms with Crippen LogP contribution in [0.3, 0.4) is 0 Å². The zero-order valence-corrected chi connectivity index (χ0v) is 30.7. The van der Waals surface area contributed by atoms with Gasteiger partial charge in [0.1, 0.15) is 5.82 Å². The predicted octanol–water partition coefficient (Wildman–Crippen LogP) is 5.04. The minimum atomic E-state index is -0.897. The molecule has 50 heavy (non-hydrogen) atoms. The van der Waals surface area contributed by atoms with Crippen LogP contribution in [0.4, 0.5) is 5.82 Å². The van der Waals surface area contributed by atoms with Crippen LogP contribution in [0.25, 0.3) is 11.1 Å². The number of aliphatic hydroxyl groups is 1. The van der Waals surface area contributed by atoms with Crippen molar-refractivity contribution in [2.75, 3.05) is 37.3 Å². The number of hydrogen-bond acceptors (Lipinski definition) is 10. The average molecular weight is 704 g/mol. The molecule has 1 amide bonds. The van der Waals surface area contributed by atoms with Crippen molar-refractivity contribution < 1.29 is 24.1 Å². The van der Waals surface area contributed by atoms with E-state index in [1.165, 1.54) is 11.8 Å². The third kappa shape index (κ3) is 6.75. The van der Waals surface area contributed by atoms with Gasteiger partial charge in [0, 0.05) is 96.2 Å². The lowest BCUT2D eigenvalue weighted by Crippen LogP contribution is -2.57. The molecule has 1 aromatic carbocycles. The number of fused-ring (bicyclic) bond motifs is 1. The first kappa shape index (κ1) is 34.9. The van der Waals surface area contributed by atoms with E-state index in [9.17, 15) is 14.7 Å². The van der Waals surface area contributed by atoms with E-state index in [4.69, 9.17) is 19.2 Å². The molecule has 4 aliphatic rings. The molecule has 3 atom stereocenters. The van der Waals surface area contributed by atoms with Crippen molar-refractivity contribution in [1.29, 1.82) is 0 Å². The van der Waals surface area contributed by atoms with Crippen LogP contribution in [0.2, 0.25) is 0 Å². The normalized spacial score (nSPS) is 26.9. The molecule has 7 rings (SSSR count). The topological polar surface area (TPSA) is 129 Å². The van der Waals surface area contributed by atoms with E-state index >= 15 is 0 Å². The Morgan fingerprint density at radius 1 is 1.06 bits per heavy atom. The van der Waals surface area contributed by atoms with Crippen LogP contribution in [0, 0.1) is 19.8 Å². The second kappa shape index (κ2) is 13.9. The number of aromatic nitrogens is 2. The van der Waals surface area contributed by atoms with Crippen LogP contribution in [0.15, 0.2) is 40.2 Å². The fourth-order valence-electron chi connectivity index (χ4n) is 8.15. The number of carbonyl (C=O) groups is 1. The Morgan fingerprint density at radius 3 is 2.40 bits per heavy atom. The third-order valence-corrected chi connectivity index (χ3v) is 11.7. The SMILES string of the molecule is CSc1cc(C)[nH]c(=O)c1CNC(=O)c1cc(-c2ccc(N3C[C@@H](C)O[C@@H](C)C3)nc2)c2c(c1C)OC(C)(C1CCC(N3CC(O)C3)CC1)O2. The number of rotatable bonds is 8. The number of nitrogens with one attached hydrogen (secondary N) is 2. The summed E-state index contributed by atoms with van der Waals surface area (Å²) in [7, 11) is 0. The minimum absolute atomic E-state index is 0.0927. The minimum Gasteiger partial charge on any atom is -0.448 e. The molecule has 268 valence electrons. The third-order valence-electron chi connectivity index (χ3n) is 10.9. The van der Waals surface area contributed by atoms with Gasteiger partial charge in [-0.2, -0.15) is 0 Å². The van der Waals surface area contributed by atoms with E-state index in [0.29, 0.717) is 34.2 Å². The number of H-pyrrole nitrogens is 1. The molecule has 3 fully saturated rings. The van der Waals surface area contributed by atoms with Gasteiger partial charge < -0.3 is 34.5 Å². The number of carbonyl (C=O) groups excluding carboxylic acids is 1. The number of ether oxygens (including phenoxy) is 3. The number of thioether (sulfide) groups is 1. The summed E-state index contributed by atoms with van der Waals surface area (Å²) in [5.41, 5.74) is 3.81. The van der Waals surface area contributed by atoms with Gasteiger partial charge in [0.2, 0.25) is 0 Å². The van der Waals surface area contributed by atoms with Crippen LogP contribution in [0.1, 0.15) is 73.6 Å². The lowest BCUT2D eigenvalue weighted by Gasteiger charge is -2.46. The highest BCUT2D eigenvalue weighted by Crippen LogP contribution is 2.53. The van der Waals surface area contributed by atoms with Crippen molar-refractivity contribution in [2.45, 2.75) is 102 Å². The summed E-state index contributed by atoms with van der Waals surface area (Å²) in [6.45, 7) is 13.0. The first-order valence-electron chi connectivity index (χ1n) is 17.8. The summed E-state index contributed by atoms with van der Waals surface area (Å²) < 4.78 is 19.6. The summed E-state index contributed by atoms with van der Waals surface area (Å²) in [4.78, 5) is 40.0. The molecule has 11 nitrogen and oxygen atoms in total. The molecule has 2 aromatic heterocycles. The number of anilines is 1. The number of hydrogen-bond donors (Lipinski definition) is 3. The largest absolute Gasteiger partial charge is 0.448 e. The lowest BCUT2D eigenvalue weighted by atomic mass is 9.80. The van der Waals surface area contributed by atoms with E-state index in [1.54, 1.807) is 0 Å². The highest BCUT2D eigenvalue weighted by molar-refractivity contribution is 7.98. The number of aliphatic hydroxyl groups excluding tert-OH is 1. The molecule has 3 aliphatic heterocycles. The maximum atomic E-state index is 14.0. The van der Waals surface area contributed by atoms with E-state index in [-0.39, 0.29) is 42.2 Å². The van der Waals surface area contributed by atoms with Gasteiger partial charge in [0.15, 0.2) is 11.5 Å². The standard InChI is InChI=1S/C38H49N5O6S/c1-21-13-32(50-6)31(37(46)41-21)16-40-36(45)29-14-30(25-7-12-33(39-15-25)43-17-22(2)47-23(3)18-43)35-34(24(29)4)48-38(5,49-35)26-8-10-27(11-9-26)42-19-28(44)20-42/h7,12-15,22-23,26-28,44H,8-11,16-20H2,1-6H3,(H,40,45)(H,41,46)/t22-,23+,26?,27?,38?. The van der Waals surface area contributed by atoms with Crippen molar-refractivity contribution >= 4 is 23.5 Å². The predicted molar refractivity (Wildman–Crippen MR) is 194 cm³/mol. The van der Waals surface area contributed by atoms with Gasteiger partial charge in [0.05, 0.1) is 18.3 Å². The Bertz CT molecular complexity index is 1790. The highest BCUT2D eigenvalue weighted by atomic mass is 32.2. The van der Waals surface area contributed by atoms with Crippen LogP contribution in [-0.2, 0) is 11.3 Å². The van der Waals surface area contributed by atoms with E-state index in [1.807, 2.05) is 57.5 Å². The van der Waals surface area contributed by atoms with Gasteiger partial charge >= 0.3 is 0 Å². The van der Waals surface area contributed by atoms with Crippen molar-refractivity contribution in [1.82, 2.24) is 20.2 Å². The van der Waals surface area contributed by atoms with Gasteiger partial charge in [-0.05, 0) is 83.9 Å². The molecule has 3 aromatic rings. The Labute approximate surface area is 298 Å². The van der Waals surface area contributed by atoms with E-state index < -0.39 is 5.79 Å². The number of likely N-dealkylation sites (tertiary alicyclic amines) is 1. The molecule has 5 heterocycles. The number of benzene rings is 1. The molecule has 0 bridgehead atoms. The Kier molecular flexibility index (Phi) is 9.66. The first-order valence-corrected chi connectivity index (χ1v) is 19.0. The lowest BCUT2D eigenvalue weighted by molar-refractivity contribution is -0.128. The fourth-order valence-corrected chi connectivity index (χ4v) is 8.85. The molecular weight excluding hydrogens is 655 g/mol. The number of morpholine rings is 1. The number of amides is 1. The zero-order valence-electron chi connectivity index (χ0n) is 29.9. The first-order chi connectivity index (χ1) is 23.9. The molecule has 12 heteroatoms. The summed E-state index contributed by atoms with van der Waals surface area (Å²) in [5.74, 6) is 1.03. The van der Waals surface area contributed by atoms with Crippen LogP contribution < -0.4 is 25.2 Å². The maximum Gasteiger partial charge on any atom is 0.254 e. The molecule has 1 aliphatic carbocycles. The monoisotopic (exact) mass is 703 g/mol. The van der Waals surface area contributed by atoms with Crippen molar-refractivity contribution in [3.8, 4) is 22.6 Å². The molecule has 0 radical (unpaired) electrons. The number of pyridine rings is 2. The van der Waals surface area contributed by atoms with Crippen LogP contribution >= 0.6 is 11.8 Å². The van der Waals surface area contributed by atoms with E-state index in [2.05, 4.69) is 33.9 Å². The Balaban J connectivity index is 1.19. The second-order valence-corrected chi connectivity index (χ2v) is 15.5. The molecule has 0 spiro atoms. The van der Waals surface area contributed by atoms with Crippen molar-refractivity contribution in [3.05, 3.63) is 63.2 Å². The number of β-amino-alcohol motifs (C(OH)–C–C–N with tert-alkyl or cyclic N) is 1. The quantitative estimate of drug-likeness (QED) is 0.275. The Morgan fingerprint density at radius 2 is 1.76 bits per heavy atom. The van der Waals surface area contributed by atoms with Crippen molar-refractivity contribution in [2.24, 2.45) is 5.92 Å². The summed E-state index contributed by atoms with van der Waals surface area (Å²) in [6, 6.07) is 8.32. The maximum absolute atomic E-state index is 14.0. The highest BCUT2D eigenvalue weighted by Gasteiger charge is 2.48. The van der Waals surface area contributed by atoms with Gasteiger partial charge in [-0.25, -0.2) is 4.98 Å². The smallest absolute Gasteiger partial charge is 0.254 e. The zero-order chi connectivity index (χ0) is 35.3. The van der Waals surface area contributed by atoms with Crippen LogP contribution in [0.5, 0.6) is 11.5 Å². The Hall–Kier alpha value is -3.58. The van der Waals surface area contributed by atoms with Crippen LogP contribution in [-0.4, -0.2) is 88.5 Å². The van der Waals surface area contributed by atoms with Gasteiger partial charge in [-0.15, -0.1) is 11.8 Å². The van der Waals surface area contributed by atoms with Gasteiger partial charge in [-0.1, -0.05) is 0 Å². The molecule has 1 unspecified atom stereocenters. The van der Waals surface area contributed by atoms with Gasteiger partial charge in [-0.3, -0.25) is 14.5 Å². The number of aryl methyl sites for hydroxylation is 1. The molecule has 3 N–H and O–H groups in total. The van der Waals surface area contributed by atoms with Gasteiger partial charge in [0.25, 0.3) is 17.3 Å². The molecule has 1 saturated carbocycles. The van der Waals surface area contributed by atoms with Crippen molar-refractivity contribution in [3.63, 3.8) is 0 Å². The van der Waals surface area contributed by atoms with E-state index in [0.717, 1.165) is 79.4 Å². The fraction of sp³-hybridized carbons (Fsp3) is 0.553. The number of nitrogens with zero attached hydrogens (tertiary/aromatic N) is 3. The summed E-state index contributed by atoms with van der Waals surface area (Å²) >= 11 is 1.48.